The molecular weight excluding hydrogens is 426 g/mol. The third-order valence-corrected chi connectivity index (χ3v) is 5.48. The summed E-state index contributed by atoms with van der Waals surface area (Å²) in [7, 11) is 1.95. The van der Waals surface area contributed by atoms with Crippen LogP contribution in [0.4, 0.5) is 0 Å². The van der Waals surface area contributed by atoms with E-state index in [0.29, 0.717) is 6.42 Å². The molecule has 4 aromatic rings. The number of carbonyl (C=O) groups excluding carboxylic acids is 1. The number of unbranched alkanes of at least 4 members (excludes halogenated alkanes) is 2. The number of hydrogen-bond acceptors (Lipinski definition) is 6. The van der Waals surface area contributed by atoms with Gasteiger partial charge in [0, 0.05) is 23.1 Å². The van der Waals surface area contributed by atoms with Gasteiger partial charge in [0.15, 0.2) is 0 Å². The monoisotopic (exact) mass is 453 g/mol. The van der Waals surface area contributed by atoms with Gasteiger partial charge >= 0.3 is 0 Å². The Kier molecular flexibility index (Phi) is 8.14. The number of rotatable bonds is 10. The van der Waals surface area contributed by atoms with Gasteiger partial charge in [-0.15, -0.1) is 12.4 Å². The molecule has 8 heteroatoms. The highest BCUT2D eigenvalue weighted by Gasteiger charge is 2.15. The van der Waals surface area contributed by atoms with Crippen molar-refractivity contribution < 1.29 is 9.21 Å². The number of halogens is 1. The molecule has 1 atom stereocenters. The number of benzene rings is 1. The van der Waals surface area contributed by atoms with E-state index >= 15 is 0 Å². The number of fused-ring (bicyclic) bond motifs is 1. The highest BCUT2D eigenvalue weighted by molar-refractivity contribution is 5.91. The van der Waals surface area contributed by atoms with E-state index in [4.69, 9.17) is 4.42 Å². The average molecular weight is 454 g/mol. The number of pyridine rings is 1. The number of nitrogens with one attached hydrogen (secondary N) is 2. The Morgan fingerprint density at radius 1 is 1.16 bits per heavy atom. The van der Waals surface area contributed by atoms with Crippen LogP contribution in [0.15, 0.2) is 53.4 Å². The molecule has 1 unspecified atom stereocenters. The van der Waals surface area contributed by atoms with Gasteiger partial charge in [-0.3, -0.25) is 9.78 Å². The molecule has 0 spiro atoms. The minimum Gasteiger partial charge on any atom is -0.442 e. The predicted molar refractivity (Wildman–Crippen MR) is 127 cm³/mol. The molecule has 0 aliphatic heterocycles. The summed E-state index contributed by atoms with van der Waals surface area (Å²) in [5, 5.41) is 4.46. The summed E-state index contributed by atoms with van der Waals surface area (Å²) in [6.45, 7) is 2.00. The number of aromatic nitrogens is 4. The van der Waals surface area contributed by atoms with Crippen LogP contribution in [0.3, 0.4) is 0 Å². The molecule has 32 heavy (non-hydrogen) atoms. The molecule has 0 aliphatic rings. The smallest absolute Gasteiger partial charge is 0.263 e. The first-order valence-corrected chi connectivity index (χ1v) is 10.7. The molecule has 2 N–H and O–H groups in total. The van der Waals surface area contributed by atoms with Crippen LogP contribution in [0.2, 0.25) is 0 Å². The lowest BCUT2D eigenvalue weighted by Crippen LogP contribution is -2.17. The second kappa shape index (κ2) is 11.0. The van der Waals surface area contributed by atoms with Gasteiger partial charge in [0.2, 0.25) is 5.78 Å². The van der Waals surface area contributed by atoms with Gasteiger partial charge in [0.05, 0.1) is 29.6 Å². The second-order valence-electron chi connectivity index (χ2n) is 7.74. The molecule has 0 amide bonds. The quantitative estimate of drug-likeness (QED) is 0.245. The number of H-pyrrole nitrogens is 1. The lowest BCUT2D eigenvalue weighted by atomic mass is 10.1. The SMILES string of the molecule is CNC(CCCCCC(=O)c1ncco1)c1ncc(-c2ccc3nc(C)ccc3c2)[nH]1.Cl. The van der Waals surface area contributed by atoms with Crippen LogP contribution in [0.5, 0.6) is 0 Å². The van der Waals surface area contributed by atoms with E-state index in [1.54, 1.807) is 0 Å². The van der Waals surface area contributed by atoms with Crippen molar-refractivity contribution in [1.29, 1.82) is 0 Å². The first kappa shape index (κ1) is 23.6. The highest BCUT2D eigenvalue weighted by atomic mass is 35.5. The van der Waals surface area contributed by atoms with E-state index in [1.807, 2.05) is 32.3 Å². The molecule has 168 valence electrons. The average Bonchev–Trinajstić information content (AvgIpc) is 3.48. The summed E-state index contributed by atoms with van der Waals surface area (Å²) in [6, 6.07) is 10.5. The number of Topliss-reactive ketones (excluding diaryl/α,β-unsaturated/α-hetero) is 1. The Bertz CT molecular complexity index is 1160. The number of oxazole rings is 1. The molecule has 0 radical (unpaired) electrons. The molecule has 3 heterocycles. The molecule has 3 aromatic heterocycles. The van der Waals surface area contributed by atoms with Gasteiger partial charge in [-0.25, -0.2) is 9.97 Å². The molecule has 0 bridgehead atoms. The van der Waals surface area contributed by atoms with Crippen molar-refractivity contribution >= 4 is 29.1 Å². The zero-order chi connectivity index (χ0) is 21.6. The van der Waals surface area contributed by atoms with E-state index in [1.165, 1.54) is 12.5 Å². The van der Waals surface area contributed by atoms with Crippen LogP contribution in [-0.2, 0) is 0 Å². The number of aryl methyl sites for hydroxylation is 1. The summed E-state index contributed by atoms with van der Waals surface area (Å²) < 4.78 is 5.05. The maximum absolute atomic E-state index is 11.9. The first-order chi connectivity index (χ1) is 15.1. The van der Waals surface area contributed by atoms with E-state index in [0.717, 1.165) is 59.4 Å². The Morgan fingerprint density at radius 3 is 2.81 bits per heavy atom. The van der Waals surface area contributed by atoms with Crippen molar-refractivity contribution in [1.82, 2.24) is 25.3 Å². The van der Waals surface area contributed by atoms with Gasteiger partial charge in [-0.05, 0) is 45.0 Å². The normalized spacial score (nSPS) is 11.9. The van der Waals surface area contributed by atoms with Crippen LogP contribution in [0, 0.1) is 6.92 Å². The zero-order valence-corrected chi connectivity index (χ0v) is 19.1. The van der Waals surface area contributed by atoms with Gasteiger partial charge in [-0.2, -0.15) is 0 Å². The maximum Gasteiger partial charge on any atom is 0.263 e. The highest BCUT2D eigenvalue weighted by Crippen LogP contribution is 2.25. The summed E-state index contributed by atoms with van der Waals surface area (Å²) in [6.07, 6.45) is 9.01. The van der Waals surface area contributed by atoms with Crippen LogP contribution in [-0.4, -0.2) is 32.8 Å². The third-order valence-electron chi connectivity index (χ3n) is 5.48. The van der Waals surface area contributed by atoms with Crippen molar-refractivity contribution in [3.63, 3.8) is 0 Å². The molecule has 0 fully saturated rings. The summed E-state index contributed by atoms with van der Waals surface area (Å²) >= 11 is 0. The van der Waals surface area contributed by atoms with Crippen LogP contribution in [0.1, 0.15) is 60.3 Å². The molecule has 1 aromatic carbocycles. The van der Waals surface area contributed by atoms with Gasteiger partial charge in [0.1, 0.15) is 12.1 Å². The fraction of sp³-hybridized carbons (Fsp3) is 0.333. The number of hydrogen-bond donors (Lipinski definition) is 2. The van der Waals surface area contributed by atoms with Gasteiger partial charge in [-0.1, -0.05) is 25.0 Å². The van der Waals surface area contributed by atoms with Crippen molar-refractivity contribution in [3.8, 4) is 11.3 Å². The molecule has 0 saturated heterocycles. The predicted octanol–water partition coefficient (Wildman–Crippen LogP) is 5.44. The lowest BCUT2D eigenvalue weighted by Gasteiger charge is -2.13. The van der Waals surface area contributed by atoms with Crippen LogP contribution in [0.25, 0.3) is 22.2 Å². The fourth-order valence-corrected chi connectivity index (χ4v) is 3.75. The van der Waals surface area contributed by atoms with E-state index in [9.17, 15) is 4.79 Å². The molecule has 0 saturated carbocycles. The first-order valence-electron chi connectivity index (χ1n) is 10.7. The topological polar surface area (TPSA) is 96.7 Å². The maximum atomic E-state index is 11.9. The van der Waals surface area contributed by atoms with E-state index < -0.39 is 0 Å². The van der Waals surface area contributed by atoms with Crippen molar-refractivity contribution in [2.45, 2.75) is 45.1 Å². The molecule has 4 rings (SSSR count). The Morgan fingerprint density at radius 2 is 2.03 bits per heavy atom. The minimum atomic E-state index is -0.0356. The summed E-state index contributed by atoms with van der Waals surface area (Å²) in [5.74, 6) is 1.10. The number of aromatic amines is 1. The largest absolute Gasteiger partial charge is 0.442 e. The number of ketones is 1. The van der Waals surface area contributed by atoms with Crippen molar-refractivity contribution in [2.75, 3.05) is 7.05 Å². The van der Waals surface area contributed by atoms with Crippen molar-refractivity contribution in [2.24, 2.45) is 0 Å². The zero-order valence-electron chi connectivity index (χ0n) is 18.3. The minimum absolute atomic E-state index is 0. The van der Waals surface area contributed by atoms with E-state index in [-0.39, 0.29) is 30.1 Å². The summed E-state index contributed by atoms with van der Waals surface area (Å²) in [5.41, 5.74) is 4.10. The fourth-order valence-electron chi connectivity index (χ4n) is 3.75. The lowest BCUT2D eigenvalue weighted by molar-refractivity contribution is 0.0945. The molecule has 0 aliphatic carbocycles. The van der Waals surface area contributed by atoms with Crippen LogP contribution < -0.4 is 5.32 Å². The van der Waals surface area contributed by atoms with Crippen LogP contribution >= 0.6 is 12.4 Å². The number of nitrogens with zero attached hydrogens (tertiary/aromatic N) is 3. The Labute approximate surface area is 193 Å². The van der Waals surface area contributed by atoms with Gasteiger partial charge < -0.3 is 14.7 Å². The number of carbonyl (C=O) groups is 1. The number of imidazole rings is 1. The third kappa shape index (κ3) is 5.60. The van der Waals surface area contributed by atoms with Gasteiger partial charge in [0.25, 0.3) is 5.89 Å². The summed E-state index contributed by atoms with van der Waals surface area (Å²) in [4.78, 5) is 28.5. The Balaban J connectivity index is 0.00000289. The molecular formula is C24H28ClN5O2. The van der Waals surface area contributed by atoms with Crippen molar-refractivity contribution in [3.05, 3.63) is 66.4 Å². The molecule has 7 nitrogen and oxygen atoms in total. The van der Waals surface area contributed by atoms with E-state index in [2.05, 4.69) is 43.5 Å². The standard InChI is InChI=1S/C24H27N5O2.ClH/c1-16-8-9-17-14-18(10-11-19(17)28-16)21-15-27-23(29-21)20(25-2)6-4-3-5-7-22(30)24-26-12-13-31-24;/h8-15,20,25H,3-7H2,1-2H3,(H,27,29);1H. The Hall–Kier alpha value is -3.03. The second-order valence-corrected chi connectivity index (χ2v) is 7.74.